The summed E-state index contributed by atoms with van der Waals surface area (Å²) < 4.78 is 4.76. The van der Waals surface area contributed by atoms with Crippen molar-refractivity contribution in [2.75, 3.05) is 7.11 Å². The fourth-order valence-electron chi connectivity index (χ4n) is 1.16. The maximum Gasteiger partial charge on any atom is 0.217 e. The number of carbonyl (C=O) groups excluding carboxylic acids is 1. The fourth-order valence-corrected chi connectivity index (χ4v) is 1.16. The highest BCUT2D eigenvalue weighted by Gasteiger charge is 2.04. The van der Waals surface area contributed by atoms with Gasteiger partial charge in [-0.3, -0.25) is 4.79 Å². The van der Waals surface area contributed by atoms with Crippen LogP contribution in [0.15, 0.2) is 24.3 Å². The molecule has 0 heterocycles. The van der Waals surface area contributed by atoms with Gasteiger partial charge < -0.3 is 15.2 Å². The van der Waals surface area contributed by atoms with E-state index >= 15 is 0 Å². The van der Waals surface area contributed by atoms with E-state index in [-0.39, 0.29) is 5.91 Å². The molecule has 2 N–H and O–H groups in total. The van der Waals surface area contributed by atoms with Crippen LogP contribution in [-0.2, 0) is 16.1 Å². The number of hydrogen-bond donors (Lipinski definition) is 2. The maximum atomic E-state index is 10.7. The van der Waals surface area contributed by atoms with Crippen molar-refractivity contribution in [2.24, 2.45) is 0 Å². The van der Waals surface area contributed by atoms with Crippen LogP contribution < -0.4 is 5.32 Å². The van der Waals surface area contributed by atoms with Crippen LogP contribution in [0.1, 0.15) is 24.3 Å². The molecule has 0 radical (unpaired) electrons. The molecule has 4 nitrogen and oxygen atoms in total. The van der Waals surface area contributed by atoms with Crippen LogP contribution in [0.2, 0.25) is 0 Å². The molecule has 1 amide bonds. The number of rotatable bonds is 4. The lowest BCUT2D eigenvalue weighted by Crippen LogP contribution is -2.18. The Morgan fingerprint density at radius 3 is 2.53 bits per heavy atom. The van der Waals surface area contributed by atoms with Gasteiger partial charge in [0.15, 0.2) is 6.29 Å². The van der Waals surface area contributed by atoms with Crippen LogP contribution >= 0.6 is 0 Å². The van der Waals surface area contributed by atoms with E-state index in [2.05, 4.69) is 5.32 Å². The van der Waals surface area contributed by atoms with E-state index in [4.69, 9.17) is 4.74 Å². The van der Waals surface area contributed by atoms with Gasteiger partial charge >= 0.3 is 0 Å². The summed E-state index contributed by atoms with van der Waals surface area (Å²) in [6.07, 6.45) is -0.889. The third-order valence-corrected chi connectivity index (χ3v) is 2.03. The number of methoxy groups -OCH3 is 1. The quantitative estimate of drug-likeness (QED) is 0.726. The lowest BCUT2D eigenvalue weighted by Gasteiger charge is -2.09. The van der Waals surface area contributed by atoms with Gasteiger partial charge in [-0.1, -0.05) is 24.3 Å². The first kappa shape index (κ1) is 11.7. The monoisotopic (exact) mass is 209 g/mol. The highest BCUT2D eigenvalue weighted by molar-refractivity contribution is 5.72. The largest absolute Gasteiger partial charge is 0.364 e. The average molecular weight is 209 g/mol. The van der Waals surface area contributed by atoms with Crippen molar-refractivity contribution in [3.05, 3.63) is 35.4 Å². The van der Waals surface area contributed by atoms with E-state index in [9.17, 15) is 9.90 Å². The number of nitrogens with one attached hydrogen (secondary N) is 1. The van der Waals surface area contributed by atoms with E-state index in [1.807, 2.05) is 12.1 Å². The molecule has 82 valence electrons. The predicted molar refractivity (Wildman–Crippen MR) is 55.9 cm³/mol. The summed E-state index contributed by atoms with van der Waals surface area (Å²) >= 11 is 0. The molecule has 0 spiro atoms. The molecule has 1 aromatic rings. The Kier molecular flexibility index (Phi) is 4.27. The van der Waals surface area contributed by atoms with Crippen molar-refractivity contribution in [2.45, 2.75) is 19.8 Å². The summed E-state index contributed by atoms with van der Waals surface area (Å²) in [5.41, 5.74) is 1.68. The highest BCUT2D eigenvalue weighted by atomic mass is 16.6. The van der Waals surface area contributed by atoms with Crippen LogP contribution in [0.5, 0.6) is 0 Å². The van der Waals surface area contributed by atoms with Crippen LogP contribution in [0.25, 0.3) is 0 Å². The number of carbonyl (C=O) groups is 1. The molecule has 0 saturated carbocycles. The lowest BCUT2D eigenvalue weighted by molar-refractivity contribution is -0.119. The van der Waals surface area contributed by atoms with E-state index in [1.54, 1.807) is 12.1 Å². The molecule has 0 aliphatic carbocycles. The van der Waals surface area contributed by atoms with Gasteiger partial charge in [0.05, 0.1) is 0 Å². The van der Waals surface area contributed by atoms with E-state index < -0.39 is 6.29 Å². The Labute approximate surface area is 88.9 Å². The van der Waals surface area contributed by atoms with Crippen molar-refractivity contribution >= 4 is 5.91 Å². The van der Waals surface area contributed by atoms with Gasteiger partial charge in [-0.25, -0.2) is 0 Å². The predicted octanol–water partition coefficient (Wildman–Crippen LogP) is 0.960. The zero-order valence-electron chi connectivity index (χ0n) is 8.86. The molecule has 1 rings (SSSR count). The second-order valence-corrected chi connectivity index (χ2v) is 3.24. The van der Waals surface area contributed by atoms with Crippen molar-refractivity contribution in [1.29, 1.82) is 0 Å². The summed E-state index contributed by atoms with van der Waals surface area (Å²) in [5, 5.41) is 12.0. The van der Waals surface area contributed by atoms with E-state index in [0.29, 0.717) is 12.1 Å². The zero-order chi connectivity index (χ0) is 11.3. The summed E-state index contributed by atoms with van der Waals surface area (Å²) in [6, 6.07) is 7.22. The lowest BCUT2D eigenvalue weighted by atomic mass is 10.1. The van der Waals surface area contributed by atoms with Crippen LogP contribution in [0, 0.1) is 0 Å². The number of hydrogen-bond acceptors (Lipinski definition) is 3. The Bertz CT molecular complexity index is 321. The zero-order valence-corrected chi connectivity index (χ0v) is 8.86. The van der Waals surface area contributed by atoms with Gasteiger partial charge in [0.1, 0.15) is 0 Å². The molecular formula is C11H15NO3. The van der Waals surface area contributed by atoms with E-state index in [1.165, 1.54) is 14.0 Å². The number of aliphatic hydroxyl groups excluding tert-OH is 1. The van der Waals surface area contributed by atoms with Crippen molar-refractivity contribution in [3.63, 3.8) is 0 Å². The second kappa shape index (κ2) is 5.48. The van der Waals surface area contributed by atoms with Crippen LogP contribution in [0.3, 0.4) is 0 Å². The molecule has 0 aromatic heterocycles. The smallest absolute Gasteiger partial charge is 0.217 e. The van der Waals surface area contributed by atoms with Gasteiger partial charge in [-0.2, -0.15) is 0 Å². The summed E-state index contributed by atoms with van der Waals surface area (Å²) in [5.74, 6) is -0.0593. The Morgan fingerprint density at radius 2 is 2.07 bits per heavy atom. The number of amides is 1. The minimum absolute atomic E-state index is 0.0593. The van der Waals surface area contributed by atoms with E-state index in [0.717, 1.165) is 5.56 Å². The van der Waals surface area contributed by atoms with Gasteiger partial charge in [0.2, 0.25) is 5.91 Å². The molecule has 0 fully saturated rings. The maximum absolute atomic E-state index is 10.7. The molecule has 15 heavy (non-hydrogen) atoms. The van der Waals surface area contributed by atoms with Crippen molar-refractivity contribution in [1.82, 2.24) is 5.32 Å². The molecule has 0 aliphatic rings. The highest BCUT2D eigenvalue weighted by Crippen LogP contribution is 2.13. The standard InChI is InChI=1S/C11H15NO3/c1-8(13)12-7-9-3-5-10(6-4-9)11(14)15-2/h3-6,11,14H,7H2,1-2H3,(H,12,13). The first-order valence-corrected chi connectivity index (χ1v) is 4.67. The molecule has 1 aromatic carbocycles. The van der Waals surface area contributed by atoms with Crippen LogP contribution in [0.4, 0.5) is 0 Å². The van der Waals surface area contributed by atoms with Crippen molar-refractivity contribution in [3.8, 4) is 0 Å². The van der Waals surface area contributed by atoms with Crippen molar-refractivity contribution < 1.29 is 14.6 Å². The van der Waals surface area contributed by atoms with Gasteiger partial charge in [0, 0.05) is 26.1 Å². The fraction of sp³-hybridized carbons (Fsp3) is 0.364. The first-order chi connectivity index (χ1) is 7.13. The van der Waals surface area contributed by atoms with Gasteiger partial charge in [-0.15, -0.1) is 0 Å². The summed E-state index contributed by atoms with van der Waals surface area (Å²) in [4.78, 5) is 10.7. The topological polar surface area (TPSA) is 58.6 Å². The molecule has 0 aliphatic heterocycles. The number of benzene rings is 1. The third kappa shape index (κ3) is 3.69. The molecule has 1 atom stereocenters. The third-order valence-electron chi connectivity index (χ3n) is 2.03. The Hall–Kier alpha value is -1.39. The normalized spacial score (nSPS) is 12.2. The second-order valence-electron chi connectivity index (χ2n) is 3.24. The average Bonchev–Trinajstić information content (AvgIpc) is 2.26. The SMILES string of the molecule is COC(O)c1ccc(CNC(C)=O)cc1. The molecule has 0 saturated heterocycles. The van der Waals surface area contributed by atoms with Crippen LogP contribution in [-0.4, -0.2) is 18.1 Å². The summed E-state index contributed by atoms with van der Waals surface area (Å²) in [7, 11) is 1.44. The Morgan fingerprint density at radius 1 is 1.47 bits per heavy atom. The molecule has 4 heteroatoms. The molecular weight excluding hydrogens is 194 g/mol. The number of ether oxygens (including phenoxy) is 1. The van der Waals surface area contributed by atoms with Gasteiger partial charge in [-0.05, 0) is 5.56 Å². The first-order valence-electron chi connectivity index (χ1n) is 4.67. The number of aliphatic hydroxyl groups is 1. The minimum Gasteiger partial charge on any atom is -0.364 e. The van der Waals surface area contributed by atoms with Gasteiger partial charge in [0.25, 0.3) is 0 Å². The minimum atomic E-state index is -0.889. The Balaban J connectivity index is 2.60. The summed E-state index contributed by atoms with van der Waals surface area (Å²) in [6.45, 7) is 1.97. The molecule has 1 unspecified atom stereocenters. The molecule has 0 bridgehead atoms.